The number of benzene rings is 2. The molecule has 0 aliphatic carbocycles. The molecule has 0 radical (unpaired) electrons. The molecule has 5 rings (SSSR count). The number of hydrogen-bond donors (Lipinski definition) is 0. The predicted octanol–water partition coefficient (Wildman–Crippen LogP) is 5.54. The topological polar surface area (TPSA) is 93.5 Å². The molecule has 3 heterocycles. The van der Waals surface area contributed by atoms with Gasteiger partial charge in [-0.1, -0.05) is 48.2 Å². The fourth-order valence-corrected chi connectivity index (χ4v) is 6.19. The number of carbonyl (C=O) groups excluding carboxylic acids is 2. The molecule has 0 N–H and O–H groups in total. The fourth-order valence-electron chi connectivity index (χ4n) is 4.44. The van der Waals surface area contributed by atoms with Gasteiger partial charge in [0.1, 0.15) is 16.5 Å². The largest absolute Gasteiger partial charge is 0.450 e. The number of halogens is 3. The van der Waals surface area contributed by atoms with Gasteiger partial charge in [0.25, 0.3) is 5.91 Å². The molecule has 1 fully saturated rings. The molecule has 9 nitrogen and oxygen atoms in total. The molecule has 1 saturated heterocycles. The van der Waals surface area contributed by atoms with E-state index in [9.17, 15) is 22.8 Å². The van der Waals surface area contributed by atoms with Crippen LogP contribution in [-0.4, -0.2) is 74.3 Å². The van der Waals surface area contributed by atoms with Crippen molar-refractivity contribution in [2.75, 3.05) is 32.8 Å². The zero-order valence-electron chi connectivity index (χ0n) is 22.6. The van der Waals surface area contributed by atoms with Crippen molar-refractivity contribution in [3.05, 3.63) is 87.6 Å². The number of piperazine rings is 1. The van der Waals surface area contributed by atoms with E-state index >= 15 is 0 Å². The van der Waals surface area contributed by atoms with Crippen molar-refractivity contribution in [3.8, 4) is 5.69 Å². The second-order valence-corrected chi connectivity index (χ2v) is 11.2. The Bertz CT molecular complexity index is 1540. The number of thiazole rings is 1. The van der Waals surface area contributed by atoms with Crippen LogP contribution in [0.5, 0.6) is 0 Å². The minimum Gasteiger partial charge on any atom is -0.450 e. The molecule has 0 saturated carbocycles. The highest BCUT2D eigenvalue weighted by atomic mass is 32.2. The SMILES string of the molecule is CCOC(=O)N1CCN(C(=O)c2csc(CSc3nnc(Cc4ccccc4)n3-c3cccc(C(F)(F)F)c3)n2)CC1. The summed E-state index contributed by atoms with van der Waals surface area (Å²) in [7, 11) is 0. The van der Waals surface area contributed by atoms with E-state index in [-0.39, 0.29) is 12.0 Å². The van der Waals surface area contributed by atoms with Crippen molar-refractivity contribution < 1.29 is 27.5 Å². The average Bonchev–Trinajstić information content (AvgIpc) is 3.63. The maximum absolute atomic E-state index is 13.5. The van der Waals surface area contributed by atoms with Crippen molar-refractivity contribution >= 4 is 35.1 Å². The Kier molecular flexibility index (Phi) is 9.12. The molecule has 2 aromatic carbocycles. The van der Waals surface area contributed by atoms with Gasteiger partial charge in [-0.15, -0.1) is 21.5 Å². The number of amides is 2. The standard InChI is InChI=1S/C28H27F3N6O3S2/c1-2-40-27(39)36-13-11-35(12-14-36)25(38)22-17-41-24(32-22)18-42-26-34-33-23(15-19-7-4-3-5-8-19)37(26)21-10-6-9-20(16-21)28(29,30)31/h3-10,16-17H,2,11-15,18H2,1H3. The van der Waals surface area contributed by atoms with Crippen LogP contribution in [0.1, 0.15) is 39.4 Å². The number of rotatable bonds is 8. The highest BCUT2D eigenvalue weighted by Gasteiger charge is 2.31. The lowest BCUT2D eigenvalue weighted by Gasteiger charge is -2.33. The Morgan fingerprint density at radius 3 is 2.45 bits per heavy atom. The highest BCUT2D eigenvalue weighted by Crippen LogP contribution is 2.33. The number of ether oxygens (including phenoxy) is 1. The number of carbonyl (C=O) groups is 2. The molecule has 0 spiro atoms. The second kappa shape index (κ2) is 12.9. The molecule has 14 heteroatoms. The average molecular weight is 617 g/mol. The summed E-state index contributed by atoms with van der Waals surface area (Å²) in [5, 5.41) is 11.4. The zero-order chi connectivity index (χ0) is 29.7. The van der Waals surface area contributed by atoms with Crippen LogP contribution in [0.25, 0.3) is 5.69 Å². The molecule has 1 aliphatic rings. The molecule has 2 amide bonds. The third-order valence-corrected chi connectivity index (χ3v) is 8.50. The lowest BCUT2D eigenvalue weighted by molar-refractivity contribution is -0.137. The predicted molar refractivity (Wildman–Crippen MR) is 152 cm³/mol. The van der Waals surface area contributed by atoms with E-state index in [1.165, 1.54) is 29.2 Å². The third kappa shape index (κ3) is 6.93. The highest BCUT2D eigenvalue weighted by molar-refractivity contribution is 7.98. The van der Waals surface area contributed by atoms with Crippen LogP contribution in [0.3, 0.4) is 0 Å². The van der Waals surface area contributed by atoms with E-state index in [2.05, 4.69) is 15.2 Å². The second-order valence-electron chi connectivity index (χ2n) is 9.34. The summed E-state index contributed by atoms with van der Waals surface area (Å²) < 4.78 is 47.2. The number of nitrogens with zero attached hydrogens (tertiary/aromatic N) is 6. The first-order valence-corrected chi connectivity index (χ1v) is 15.0. The van der Waals surface area contributed by atoms with Gasteiger partial charge in [0.2, 0.25) is 0 Å². The van der Waals surface area contributed by atoms with Gasteiger partial charge in [-0.25, -0.2) is 9.78 Å². The molecule has 42 heavy (non-hydrogen) atoms. The third-order valence-electron chi connectivity index (χ3n) is 6.53. The number of thioether (sulfide) groups is 1. The number of aromatic nitrogens is 4. The molecular formula is C28H27F3N6O3S2. The quantitative estimate of drug-likeness (QED) is 0.240. The van der Waals surface area contributed by atoms with E-state index in [4.69, 9.17) is 4.74 Å². The van der Waals surface area contributed by atoms with Gasteiger partial charge >= 0.3 is 12.3 Å². The lowest BCUT2D eigenvalue weighted by Crippen LogP contribution is -2.50. The summed E-state index contributed by atoms with van der Waals surface area (Å²) >= 11 is 2.60. The first kappa shape index (κ1) is 29.6. The Morgan fingerprint density at radius 1 is 1.00 bits per heavy atom. The van der Waals surface area contributed by atoms with Gasteiger partial charge in [-0.2, -0.15) is 13.2 Å². The maximum Gasteiger partial charge on any atom is 0.416 e. The van der Waals surface area contributed by atoms with Crippen LogP contribution < -0.4 is 0 Å². The monoisotopic (exact) mass is 616 g/mol. The molecule has 220 valence electrons. The summed E-state index contributed by atoms with van der Waals surface area (Å²) in [6, 6.07) is 14.6. The van der Waals surface area contributed by atoms with Gasteiger partial charge in [-0.05, 0) is 30.7 Å². The van der Waals surface area contributed by atoms with E-state index in [0.29, 0.717) is 72.3 Å². The Morgan fingerprint density at radius 2 is 1.74 bits per heavy atom. The number of alkyl halides is 3. The van der Waals surface area contributed by atoms with Crippen LogP contribution in [0.15, 0.2) is 65.1 Å². The molecule has 1 aliphatic heterocycles. The summed E-state index contributed by atoms with van der Waals surface area (Å²) in [4.78, 5) is 32.7. The van der Waals surface area contributed by atoms with Gasteiger partial charge in [-0.3, -0.25) is 9.36 Å². The molecule has 0 bridgehead atoms. The zero-order valence-corrected chi connectivity index (χ0v) is 24.2. The van der Waals surface area contributed by atoms with E-state index in [0.717, 1.165) is 17.7 Å². The summed E-state index contributed by atoms with van der Waals surface area (Å²) in [5.74, 6) is 0.625. The van der Waals surface area contributed by atoms with E-state index < -0.39 is 11.7 Å². The molecule has 2 aromatic heterocycles. The lowest BCUT2D eigenvalue weighted by atomic mass is 10.1. The van der Waals surface area contributed by atoms with Crippen molar-refractivity contribution in [2.24, 2.45) is 0 Å². The van der Waals surface area contributed by atoms with Crippen LogP contribution in [0.2, 0.25) is 0 Å². The van der Waals surface area contributed by atoms with Gasteiger partial charge in [0.15, 0.2) is 5.16 Å². The van der Waals surface area contributed by atoms with Crippen molar-refractivity contribution in [2.45, 2.75) is 30.4 Å². The molecule has 4 aromatic rings. The van der Waals surface area contributed by atoms with E-state index in [1.807, 2.05) is 30.3 Å². The normalized spacial score (nSPS) is 13.8. The summed E-state index contributed by atoms with van der Waals surface area (Å²) in [6.07, 6.45) is -4.50. The van der Waals surface area contributed by atoms with Crippen LogP contribution in [0, 0.1) is 0 Å². The summed E-state index contributed by atoms with van der Waals surface area (Å²) in [5.41, 5.74) is 0.798. The van der Waals surface area contributed by atoms with Crippen LogP contribution >= 0.6 is 23.1 Å². The van der Waals surface area contributed by atoms with Gasteiger partial charge < -0.3 is 14.5 Å². The maximum atomic E-state index is 13.5. The molecule has 0 atom stereocenters. The Balaban J connectivity index is 1.31. The van der Waals surface area contributed by atoms with Crippen LogP contribution in [0.4, 0.5) is 18.0 Å². The minimum absolute atomic E-state index is 0.219. The fraction of sp³-hybridized carbons (Fsp3) is 0.321. The van der Waals surface area contributed by atoms with Gasteiger partial charge in [0, 0.05) is 38.0 Å². The van der Waals surface area contributed by atoms with E-state index in [1.54, 1.807) is 32.7 Å². The Hall–Kier alpha value is -3.91. The van der Waals surface area contributed by atoms with Crippen LogP contribution in [-0.2, 0) is 23.1 Å². The molecular weight excluding hydrogens is 589 g/mol. The smallest absolute Gasteiger partial charge is 0.416 e. The summed E-state index contributed by atoms with van der Waals surface area (Å²) in [6.45, 7) is 3.56. The first-order chi connectivity index (χ1) is 20.2. The van der Waals surface area contributed by atoms with Crippen molar-refractivity contribution in [3.63, 3.8) is 0 Å². The van der Waals surface area contributed by atoms with Crippen molar-refractivity contribution in [1.29, 1.82) is 0 Å². The molecule has 0 unspecified atom stereocenters. The van der Waals surface area contributed by atoms with Gasteiger partial charge in [0.05, 0.1) is 23.6 Å². The minimum atomic E-state index is -4.49. The van der Waals surface area contributed by atoms with Crippen molar-refractivity contribution in [1.82, 2.24) is 29.5 Å². The number of hydrogen-bond acceptors (Lipinski definition) is 8. The Labute approximate surface area is 248 Å². The first-order valence-electron chi connectivity index (χ1n) is 13.2.